The molecule has 5 heteroatoms. The molecule has 0 aromatic carbocycles. The van der Waals surface area contributed by atoms with Crippen molar-refractivity contribution in [2.75, 3.05) is 0 Å². The van der Waals surface area contributed by atoms with Gasteiger partial charge in [-0.25, -0.2) is 0 Å². The number of aromatic nitrogens is 1. The van der Waals surface area contributed by atoms with Gasteiger partial charge >= 0.3 is 7.12 Å². The van der Waals surface area contributed by atoms with Crippen molar-refractivity contribution in [3.63, 3.8) is 0 Å². The van der Waals surface area contributed by atoms with Gasteiger partial charge in [0.05, 0.1) is 12.2 Å². The summed E-state index contributed by atoms with van der Waals surface area (Å²) in [5.74, 6) is 0. The van der Waals surface area contributed by atoms with Gasteiger partial charge in [-0.05, 0) is 11.6 Å². The second-order valence-corrected chi connectivity index (χ2v) is 1.95. The van der Waals surface area contributed by atoms with Gasteiger partial charge in [-0.1, -0.05) is 0 Å². The van der Waals surface area contributed by atoms with Gasteiger partial charge in [0.15, 0.2) is 0 Å². The maximum Gasteiger partial charge on any atom is 0.506 e. The molecule has 1 aromatic heterocycles. The number of hydrogen-bond acceptors (Lipinski definition) is 3. The zero-order valence-corrected chi connectivity index (χ0v) is 5.28. The van der Waals surface area contributed by atoms with Gasteiger partial charge in [0.2, 0.25) is 0 Å². The van der Waals surface area contributed by atoms with E-state index in [1.165, 1.54) is 0 Å². The van der Waals surface area contributed by atoms with Crippen LogP contribution in [0.5, 0.6) is 0 Å². The number of rotatable bonds is 2. The first-order valence-electron chi connectivity index (χ1n) is 2.89. The van der Waals surface area contributed by atoms with Crippen molar-refractivity contribution in [2.45, 2.75) is 6.61 Å². The molecule has 54 valence electrons. The normalized spacial score (nSPS) is 9.90. The van der Waals surface area contributed by atoms with Crippen LogP contribution < -0.4 is 5.59 Å². The second kappa shape index (κ2) is 2.87. The van der Waals surface area contributed by atoms with E-state index in [1.807, 2.05) is 0 Å². The van der Waals surface area contributed by atoms with E-state index in [4.69, 9.17) is 15.2 Å². The molecule has 0 unspecified atom stereocenters. The Kier molecular flexibility index (Phi) is 2.11. The van der Waals surface area contributed by atoms with Crippen LogP contribution in [0.15, 0.2) is 12.3 Å². The third kappa shape index (κ3) is 1.21. The molecular formula is C5H8BNO3. The van der Waals surface area contributed by atoms with E-state index in [0.717, 1.165) is 0 Å². The fraction of sp³-hybridized carbons (Fsp3) is 0.200. The van der Waals surface area contributed by atoms with Crippen LogP contribution in [0.1, 0.15) is 5.56 Å². The highest BCUT2D eigenvalue weighted by atomic mass is 16.4. The first kappa shape index (κ1) is 7.33. The van der Waals surface area contributed by atoms with Gasteiger partial charge in [-0.2, -0.15) is 0 Å². The molecule has 1 rings (SSSR count). The van der Waals surface area contributed by atoms with Crippen LogP contribution in [0.25, 0.3) is 0 Å². The van der Waals surface area contributed by atoms with E-state index in [0.29, 0.717) is 5.56 Å². The highest BCUT2D eigenvalue weighted by Crippen LogP contribution is 1.93. The summed E-state index contributed by atoms with van der Waals surface area (Å²) in [5, 5.41) is 25.9. The molecule has 0 amide bonds. The average molecular weight is 141 g/mol. The Hall–Kier alpha value is -0.775. The van der Waals surface area contributed by atoms with Gasteiger partial charge in [-0.3, -0.25) is 0 Å². The van der Waals surface area contributed by atoms with Gasteiger partial charge in [0.1, 0.15) is 0 Å². The first-order chi connectivity index (χ1) is 4.75. The van der Waals surface area contributed by atoms with E-state index in [-0.39, 0.29) is 12.2 Å². The monoisotopic (exact) mass is 141 g/mol. The minimum atomic E-state index is -1.53. The number of aliphatic hydroxyl groups is 1. The molecular weight excluding hydrogens is 133 g/mol. The van der Waals surface area contributed by atoms with Crippen molar-refractivity contribution in [1.82, 2.24) is 4.98 Å². The summed E-state index contributed by atoms with van der Waals surface area (Å²) in [6.45, 7) is -0.184. The molecule has 10 heavy (non-hydrogen) atoms. The van der Waals surface area contributed by atoms with E-state index in [1.54, 1.807) is 12.3 Å². The van der Waals surface area contributed by atoms with Crippen molar-refractivity contribution < 1.29 is 15.2 Å². The summed E-state index contributed by atoms with van der Waals surface area (Å²) in [4.78, 5) is 2.60. The number of aromatic amines is 1. The minimum absolute atomic E-state index is 0.184. The molecule has 0 bridgehead atoms. The van der Waals surface area contributed by atoms with Crippen LogP contribution in [0.4, 0.5) is 0 Å². The zero-order valence-electron chi connectivity index (χ0n) is 5.28. The Bertz CT molecular complexity index is 210. The third-order valence-electron chi connectivity index (χ3n) is 1.30. The molecule has 0 aliphatic heterocycles. The maximum atomic E-state index is 8.64. The summed E-state index contributed by atoms with van der Waals surface area (Å²) in [6.07, 6.45) is 1.54. The lowest BCUT2D eigenvalue weighted by Crippen LogP contribution is -2.33. The van der Waals surface area contributed by atoms with Crippen molar-refractivity contribution in [3.8, 4) is 0 Å². The highest BCUT2D eigenvalue weighted by molar-refractivity contribution is 6.58. The largest absolute Gasteiger partial charge is 0.506 e. The van der Waals surface area contributed by atoms with Crippen LogP contribution in [-0.4, -0.2) is 27.3 Å². The summed E-state index contributed by atoms with van der Waals surface area (Å²) in [6, 6.07) is 1.59. The Morgan fingerprint density at radius 2 is 2.20 bits per heavy atom. The smallest absolute Gasteiger partial charge is 0.422 e. The number of H-pyrrole nitrogens is 1. The quantitative estimate of drug-likeness (QED) is 0.366. The van der Waals surface area contributed by atoms with Gasteiger partial charge < -0.3 is 20.1 Å². The highest BCUT2D eigenvalue weighted by Gasteiger charge is 2.15. The Morgan fingerprint density at radius 1 is 1.50 bits per heavy atom. The van der Waals surface area contributed by atoms with Crippen molar-refractivity contribution in [3.05, 3.63) is 17.8 Å². The fourth-order valence-electron chi connectivity index (χ4n) is 0.793. The number of aliphatic hydroxyl groups excluding tert-OH is 1. The van der Waals surface area contributed by atoms with Gasteiger partial charge in [-0.15, -0.1) is 0 Å². The molecule has 4 N–H and O–H groups in total. The minimum Gasteiger partial charge on any atom is -0.422 e. The SMILES string of the molecule is OCc1cc[nH]c1B(O)O. The van der Waals surface area contributed by atoms with E-state index < -0.39 is 7.12 Å². The van der Waals surface area contributed by atoms with Gasteiger partial charge in [0.25, 0.3) is 0 Å². The summed E-state index contributed by atoms with van der Waals surface area (Å²) in [7, 11) is -1.53. The molecule has 0 atom stereocenters. The molecule has 0 saturated carbocycles. The Labute approximate surface area is 58.3 Å². The third-order valence-corrected chi connectivity index (χ3v) is 1.30. The summed E-state index contributed by atoms with van der Waals surface area (Å²) < 4.78 is 0. The Morgan fingerprint density at radius 3 is 2.60 bits per heavy atom. The number of nitrogens with one attached hydrogen (secondary N) is 1. The molecule has 0 aliphatic carbocycles. The van der Waals surface area contributed by atoms with Gasteiger partial charge in [0, 0.05) is 6.20 Å². The van der Waals surface area contributed by atoms with Crippen molar-refractivity contribution in [2.24, 2.45) is 0 Å². The molecule has 1 aromatic rings. The predicted octanol–water partition coefficient (Wildman–Crippen LogP) is -1.81. The zero-order chi connectivity index (χ0) is 7.56. The standard InChI is InChI=1S/C5H8BNO3/c8-3-4-1-2-7-5(4)6(9)10/h1-2,7-10H,3H2. The van der Waals surface area contributed by atoms with Crippen molar-refractivity contribution in [1.29, 1.82) is 0 Å². The fourth-order valence-corrected chi connectivity index (χ4v) is 0.793. The van der Waals surface area contributed by atoms with Crippen molar-refractivity contribution >= 4 is 12.7 Å². The topological polar surface area (TPSA) is 76.5 Å². The molecule has 0 fully saturated rings. The second-order valence-electron chi connectivity index (χ2n) is 1.95. The molecule has 0 spiro atoms. The van der Waals surface area contributed by atoms with Crippen LogP contribution in [-0.2, 0) is 6.61 Å². The first-order valence-corrected chi connectivity index (χ1v) is 2.89. The van der Waals surface area contributed by atoms with E-state index in [2.05, 4.69) is 4.98 Å². The van der Waals surface area contributed by atoms with Crippen LogP contribution >= 0.6 is 0 Å². The van der Waals surface area contributed by atoms with Crippen LogP contribution in [0.3, 0.4) is 0 Å². The lowest BCUT2D eigenvalue weighted by atomic mass is 9.84. The molecule has 4 nitrogen and oxygen atoms in total. The van der Waals surface area contributed by atoms with E-state index >= 15 is 0 Å². The van der Waals surface area contributed by atoms with Crippen LogP contribution in [0, 0.1) is 0 Å². The lowest BCUT2D eigenvalue weighted by Gasteiger charge is -1.97. The molecule has 0 saturated heterocycles. The molecule has 1 heterocycles. The average Bonchev–Trinajstić information content (AvgIpc) is 2.33. The van der Waals surface area contributed by atoms with E-state index in [9.17, 15) is 0 Å². The molecule has 0 aliphatic rings. The summed E-state index contributed by atoms with van der Waals surface area (Å²) in [5.41, 5.74) is 0.762. The van der Waals surface area contributed by atoms with Crippen LogP contribution in [0.2, 0.25) is 0 Å². The number of hydrogen-bond donors (Lipinski definition) is 4. The maximum absolute atomic E-state index is 8.64. The summed E-state index contributed by atoms with van der Waals surface area (Å²) >= 11 is 0. The Balaban J connectivity index is 2.90. The molecule has 0 radical (unpaired) electrons. The lowest BCUT2D eigenvalue weighted by molar-refractivity contribution is 0.282. The predicted molar refractivity (Wildman–Crippen MR) is 36.5 cm³/mol.